The number of aryl methyl sites for hydroxylation is 1. The zero-order valence-electron chi connectivity index (χ0n) is 10.1. The van der Waals surface area contributed by atoms with Crippen LogP contribution in [0, 0.1) is 6.92 Å². The summed E-state index contributed by atoms with van der Waals surface area (Å²) in [6.45, 7) is 2.30. The minimum Gasteiger partial charge on any atom is -0.496 e. The number of nitrogens with zero attached hydrogens (tertiary/aromatic N) is 3. The van der Waals surface area contributed by atoms with Gasteiger partial charge in [0.15, 0.2) is 0 Å². The summed E-state index contributed by atoms with van der Waals surface area (Å²) in [5.74, 6) is 0.246. The van der Waals surface area contributed by atoms with Crippen molar-refractivity contribution in [3.05, 3.63) is 41.5 Å². The minimum absolute atomic E-state index is 0.199. The summed E-state index contributed by atoms with van der Waals surface area (Å²) in [6, 6.07) is 4.77. The van der Waals surface area contributed by atoms with Gasteiger partial charge in [-0.1, -0.05) is 6.07 Å². The Labute approximate surface area is 104 Å². The Morgan fingerprint density at radius 2 is 2.28 bits per heavy atom. The van der Waals surface area contributed by atoms with E-state index in [9.17, 15) is 4.79 Å². The SMILES string of the molecule is COc1cc(C(=O)O)ccc1Cn1cnc(C)n1. The number of rotatable bonds is 4. The van der Waals surface area contributed by atoms with Gasteiger partial charge in [-0.2, -0.15) is 5.10 Å². The molecule has 6 heteroatoms. The molecule has 1 aromatic carbocycles. The van der Waals surface area contributed by atoms with E-state index in [4.69, 9.17) is 9.84 Å². The molecule has 0 atom stereocenters. The normalized spacial score (nSPS) is 10.3. The Morgan fingerprint density at radius 3 is 2.83 bits per heavy atom. The molecule has 2 rings (SSSR count). The summed E-state index contributed by atoms with van der Waals surface area (Å²) in [5, 5.41) is 13.1. The van der Waals surface area contributed by atoms with E-state index in [0.717, 1.165) is 5.56 Å². The largest absolute Gasteiger partial charge is 0.496 e. The second kappa shape index (κ2) is 4.87. The van der Waals surface area contributed by atoms with Crippen LogP contribution in [0.5, 0.6) is 5.75 Å². The van der Waals surface area contributed by atoms with Gasteiger partial charge in [-0.05, 0) is 19.1 Å². The highest BCUT2D eigenvalue weighted by Crippen LogP contribution is 2.21. The van der Waals surface area contributed by atoms with Crippen molar-refractivity contribution in [2.24, 2.45) is 0 Å². The van der Waals surface area contributed by atoms with E-state index in [2.05, 4.69) is 10.1 Å². The molecule has 1 N–H and O–H groups in total. The van der Waals surface area contributed by atoms with E-state index in [1.807, 2.05) is 0 Å². The number of carbonyl (C=O) groups is 1. The standard InChI is InChI=1S/C12H13N3O3/c1-8-13-7-15(14-8)6-10-4-3-9(12(16)17)5-11(10)18-2/h3-5,7H,6H2,1-2H3,(H,16,17). The molecular formula is C12H13N3O3. The van der Waals surface area contributed by atoms with E-state index in [1.54, 1.807) is 30.1 Å². The van der Waals surface area contributed by atoms with Gasteiger partial charge in [0.25, 0.3) is 0 Å². The van der Waals surface area contributed by atoms with Gasteiger partial charge >= 0.3 is 5.97 Å². The van der Waals surface area contributed by atoms with Crippen LogP contribution in [-0.4, -0.2) is 33.0 Å². The highest BCUT2D eigenvalue weighted by Gasteiger charge is 2.09. The van der Waals surface area contributed by atoms with Gasteiger partial charge < -0.3 is 9.84 Å². The van der Waals surface area contributed by atoms with Gasteiger partial charge in [-0.3, -0.25) is 0 Å². The van der Waals surface area contributed by atoms with Crippen LogP contribution in [0.2, 0.25) is 0 Å². The fraction of sp³-hybridized carbons (Fsp3) is 0.250. The van der Waals surface area contributed by atoms with Gasteiger partial charge in [0.2, 0.25) is 0 Å². The fourth-order valence-corrected chi connectivity index (χ4v) is 1.65. The Balaban J connectivity index is 2.30. The van der Waals surface area contributed by atoms with E-state index in [0.29, 0.717) is 18.1 Å². The molecule has 18 heavy (non-hydrogen) atoms. The van der Waals surface area contributed by atoms with Crippen LogP contribution in [-0.2, 0) is 6.54 Å². The highest BCUT2D eigenvalue weighted by atomic mass is 16.5. The van der Waals surface area contributed by atoms with Crippen LogP contribution in [0.4, 0.5) is 0 Å². The number of methoxy groups -OCH3 is 1. The van der Waals surface area contributed by atoms with E-state index in [1.165, 1.54) is 13.2 Å². The molecule has 0 aliphatic rings. The van der Waals surface area contributed by atoms with Gasteiger partial charge in [-0.25, -0.2) is 14.5 Å². The summed E-state index contributed by atoms with van der Waals surface area (Å²) < 4.78 is 6.86. The molecule has 1 heterocycles. The summed E-state index contributed by atoms with van der Waals surface area (Å²) in [5.41, 5.74) is 1.05. The second-order valence-electron chi connectivity index (χ2n) is 3.82. The van der Waals surface area contributed by atoms with Crippen molar-refractivity contribution in [3.8, 4) is 5.75 Å². The zero-order valence-corrected chi connectivity index (χ0v) is 10.1. The molecule has 6 nitrogen and oxygen atoms in total. The van der Waals surface area contributed by atoms with Gasteiger partial charge in [0.1, 0.15) is 17.9 Å². The van der Waals surface area contributed by atoms with E-state index < -0.39 is 5.97 Å². The van der Waals surface area contributed by atoms with Crippen molar-refractivity contribution in [2.45, 2.75) is 13.5 Å². The van der Waals surface area contributed by atoms with Crippen molar-refractivity contribution in [2.75, 3.05) is 7.11 Å². The first-order chi connectivity index (χ1) is 8.60. The van der Waals surface area contributed by atoms with E-state index >= 15 is 0 Å². The van der Waals surface area contributed by atoms with Gasteiger partial charge in [-0.15, -0.1) is 0 Å². The van der Waals surface area contributed by atoms with Crippen molar-refractivity contribution in [1.29, 1.82) is 0 Å². The number of carboxylic acids is 1. The molecule has 94 valence electrons. The zero-order chi connectivity index (χ0) is 13.1. The third-order valence-corrected chi connectivity index (χ3v) is 2.52. The van der Waals surface area contributed by atoms with Crippen LogP contribution in [0.3, 0.4) is 0 Å². The van der Waals surface area contributed by atoms with Crippen molar-refractivity contribution in [1.82, 2.24) is 14.8 Å². The molecule has 1 aromatic heterocycles. The predicted octanol–water partition coefficient (Wildman–Crippen LogP) is 1.34. The third-order valence-electron chi connectivity index (χ3n) is 2.52. The quantitative estimate of drug-likeness (QED) is 0.882. The average Bonchev–Trinajstić information content (AvgIpc) is 2.75. The summed E-state index contributed by atoms with van der Waals surface area (Å²) in [7, 11) is 1.51. The number of benzene rings is 1. The van der Waals surface area contributed by atoms with Crippen molar-refractivity contribution >= 4 is 5.97 Å². The number of aromatic nitrogens is 3. The van der Waals surface area contributed by atoms with Crippen LogP contribution >= 0.6 is 0 Å². The molecule has 2 aromatic rings. The summed E-state index contributed by atoms with van der Waals surface area (Å²) in [4.78, 5) is 14.9. The Morgan fingerprint density at radius 1 is 1.50 bits per heavy atom. The molecule has 0 unspecified atom stereocenters. The van der Waals surface area contributed by atoms with E-state index in [-0.39, 0.29) is 5.56 Å². The maximum atomic E-state index is 10.9. The minimum atomic E-state index is -0.976. The van der Waals surface area contributed by atoms with Crippen molar-refractivity contribution in [3.63, 3.8) is 0 Å². The Kier molecular flexibility index (Phi) is 3.27. The molecule has 0 spiro atoms. The molecule has 0 saturated carbocycles. The summed E-state index contributed by atoms with van der Waals surface area (Å²) >= 11 is 0. The van der Waals surface area contributed by atoms with Crippen LogP contribution < -0.4 is 4.74 Å². The number of carboxylic acid groups (broad SMARTS) is 1. The first-order valence-corrected chi connectivity index (χ1v) is 5.36. The first-order valence-electron chi connectivity index (χ1n) is 5.36. The lowest BCUT2D eigenvalue weighted by molar-refractivity contribution is 0.0696. The molecular weight excluding hydrogens is 234 g/mol. The maximum Gasteiger partial charge on any atom is 0.335 e. The predicted molar refractivity (Wildman–Crippen MR) is 63.8 cm³/mol. The lowest BCUT2D eigenvalue weighted by Gasteiger charge is -2.09. The molecule has 0 aliphatic carbocycles. The molecule has 0 fully saturated rings. The van der Waals surface area contributed by atoms with Crippen LogP contribution in [0.1, 0.15) is 21.7 Å². The smallest absolute Gasteiger partial charge is 0.335 e. The monoisotopic (exact) mass is 247 g/mol. The van der Waals surface area contributed by atoms with Gasteiger partial charge in [0, 0.05) is 5.56 Å². The van der Waals surface area contributed by atoms with Crippen LogP contribution in [0.15, 0.2) is 24.5 Å². The fourth-order valence-electron chi connectivity index (χ4n) is 1.65. The average molecular weight is 247 g/mol. The second-order valence-corrected chi connectivity index (χ2v) is 3.82. The molecule has 0 radical (unpaired) electrons. The highest BCUT2D eigenvalue weighted by molar-refractivity contribution is 5.88. The Hall–Kier alpha value is -2.37. The lowest BCUT2D eigenvalue weighted by Crippen LogP contribution is -2.04. The summed E-state index contributed by atoms with van der Waals surface area (Å²) in [6.07, 6.45) is 1.62. The topological polar surface area (TPSA) is 77.2 Å². The molecule has 0 bridgehead atoms. The van der Waals surface area contributed by atoms with Gasteiger partial charge in [0.05, 0.1) is 19.2 Å². The number of hydrogen-bond acceptors (Lipinski definition) is 4. The molecule has 0 aliphatic heterocycles. The number of hydrogen-bond donors (Lipinski definition) is 1. The Bertz CT molecular complexity index is 578. The number of aromatic carboxylic acids is 1. The maximum absolute atomic E-state index is 10.9. The lowest BCUT2D eigenvalue weighted by atomic mass is 10.1. The first kappa shape index (κ1) is 12.1. The molecule has 0 saturated heterocycles. The van der Waals surface area contributed by atoms with Crippen LogP contribution in [0.25, 0.3) is 0 Å². The van der Waals surface area contributed by atoms with Crippen molar-refractivity contribution < 1.29 is 14.6 Å². The number of ether oxygens (including phenoxy) is 1. The third kappa shape index (κ3) is 2.48. The molecule has 0 amide bonds.